The van der Waals surface area contributed by atoms with Crippen LogP contribution >= 0.6 is 11.8 Å². The van der Waals surface area contributed by atoms with E-state index in [9.17, 15) is 9.59 Å². The molecule has 1 fully saturated rings. The van der Waals surface area contributed by atoms with E-state index in [0.717, 1.165) is 44.3 Å². The van der Waals surface area contributed by atoms with Crippen LogP contribution in [0.4, 0.5) is 0 Å². The Hall–Kier alpha value is -2.44. The molecule has 6 heteroatoms. The molecule has 0 amide bonds. The third-order valence-corrected chi connectivity index (χ3v) is 6.97. The lowest BCUT2D eigenvalue weighted by Crippen LogP contribution is -2.29. The van der Waals surface area contributed by atoms with Gasteiger partial charge in [0, 0.05) is 12.2 Å². The monoisotopic (exact) mass is 420 g/mol. The van der Waals surface area contributed by atoms with E-state index in [1.807, 2.05) is 30.3 Å². The molecular weight excluding hydrogens is 396 g/mol. The van der Waals surface area contributed by atoms with Gasteiger partial charge in [-0.15, -0.1) is 0 Å². The Morgan fingerprint density at radius 2 is 2.00 bits per heavy atom. The minimum absolute atomic E-state index is 0.0254. The lowest BCUT2D eigenvalue weighted by Gasteiger charge is -2.16. The number of para-hydroxylation sites is 1. The molecule has 1 atom stereocenters. The Kier molecular flexibility index (Phi) is 5.44. The van der Waals surface area contributed by atoms with Crippen molar-refractivity contribution in [1.82, 2.24) is 9.55 Å². The summed E-state index contributed by atoms with van der Waals surface area (Å²) < 4.78 is 7.45. The minimum Gasteiger partial charge on any atom is -0.376 e. The molecule has 2 aliphatic rings. The van der Waals surface area contributed by atoms with E-state index in [2.05, 4.69) is 6.07 Å². The van der Waals surface area contributed by atoms with E-state index in [0.29, 0.717) is 22.6 Å². The van der Waals surface area contributed by atoms with Gasteiger partial charge in [0.2, 0.25) is 0 Å². The topological polar surface area (TPSA) is 61.2 Å². The number of carbonyl (C=O) groups is 1. The molecule has 5 rings (SSSR count). The highest BCUT2D eigenvalue weighted by Gasteiger charge is 2.21. The Balaban J connectivity index is 1.42. The molecule has 3 aromatic rings. The molecule has 0 bridgehead atoms. The van der Waals surface area contributed by atoms with E-state index < -0.39 is 0 Å². The first kappa shape index (κ1) is 19.5. The number of nitrogens with zero attached hydrogens (tertiary/aromatic N) is 2. The molecule has 0 spiro atoms. The van der Waals surface area contributed by atoms with E-state index in [1.165, 1.54) is 22.9 Å². The summed E-state index contributed by atoms with van der Waals surface area (Å²) in [5.74, 6) is 0.329. The summed E-state index contributed by atoms with van der Waals surface area (Å²) in [5, 5.41) is 1.19. The van der Waals surface area contributed by atoms with Crippen molar-refractivity contribution < 1.29 is 9.53 Å². The van der Waals surface area contributed by atoms with Crippen LogP contribution in [0.3, 0.4) is 0 Å². The number of fused-ring (bicyclic) bond motifs is 2. The van der Waals surface area contributed by atoms with Gasteiger partial charge in [0.05, 0.1) is 29.3 Å². The molecule has 0 saturated carbocycles. The zero-order valence-electron chi connectivity index (χ0n) is 16.8. The minimum atomic E-state index is -0.0661. The molecule has 0 N–H and O–H groups in total. The van der Waals surface area contributed by atoms with Crippen molar-refractivity contribution in [1.29, 1.82) is 0 Å². The van der Waals surface area contributed by atoms with Crippen molar-refractivity contribution in [3.8, 4) is 0 Å². The Morgan fingerprint density at radius 3 is 2.87 bits per heavy atom. The standard InChI is InChI=1S/C24H24N2O3S/c27-22(18-11-10-16-5-3-6-17(16)13-18)15-30-24-25-21-9-2-1-8-20(21)23(28)26(24)14-19-7-4-12-29-19/h1-2,8-11,13,19H,3-7,12,14-15H2/t19-/m0/s1. The molecule has 0 unspecified atom stereocenters. The summed E-state index contributed by atoms with van der Waals surface area (Å²) in [6.07, 6.45) is 5.30. The number of carbonyl (C=O) groups excluding carboxylic acids is 1. The summed E-state index contributed by atoms with van der Waals surface area (Å²) >= 11 is 1.34. The van der Waals surface area contributed by atoms with Gasteiger partial charge in [-0.25, -0.2) is 4.98 Å². The molecule has 2 aromatic carbocycles. The zero-order chi connectivity index (χ0) is 20.5. The first-order chi connectivity index (χ1) is 14.7. The second-order valence-corrected chi connectivity index (χ2v) is 8.95. The number of hydrogen-bond acceptors (Lipinski definition) is 5. The fourth-order valence-corrected chi connectivity index (χ4v) is 5.27. The summed E-state index contributed by atoms with van der Waals surface area (Å²) in [7, 11) is 0. The maximum absolute atomic E-state index is 13.1. The Bertz CT molecular complexity index is 1160. The first-order valence-electron chi connectivity index (χ1n) is 10.6. The number of ketones is 1. The Labute approximate surface area is 179 Å². The quantitative estimate of drug-likeness (QED) is 0.342. The van der Waals surface area contributed by atoms with Gasteiger partial charge < -0.3 is 4.74 Å². The fraction of sp³-hybridized carbons (Fsp3) is 0.375. The summed E-state index contributed by atoms with van der Waals surface area (Å²) in [4.78, 5) is 30.7. The van der Waals surface area contributed by atoms with Crippen LogP contribution in [0.2, 0.25) is 0 Å². The normalized spacial score (nSPS) is 18.1. The molecule has 2 heterocycles. The van der Waals surface area contributed by atoms with Crippen molar-refractivity contribution in [3.63, 3.8) is 0 Å². The highest BCUT2D eigenvalue weighted by molar-refractivity contribution is 7.99. The fourth-order valence-electron chi connectivity index (χ4n) is 4.37. The van der Waals surface area contributed by atoms with E-state index in [-0.39, 0.29) is 23.2 Å². The third kappa shape index (κ3) is 3.82. The number of Topliss-reactive ketones (excluding diaryl/α,β-unsaturated/α-hetero) is 1. The summed E-state index contributed by atoms with van der Waals surface area (Å²) in [6.45, 7) is 1.21. The third-order valence-electron chi connectivity index (χ3n) is 5.99. The second kappa shape index (κ2) is 8.36. The number of rotatable bonds is 6. The lowest BCUT2D eigenvalue weighted by atomic mass is 10.0. The van der Waals surface area contributed by atoms with Crippen LogP contribution in [0, 0.1) is 0 Å². The van der Waals surface area contributed by atoms with Crippen molar-refractivity contribution in [2.45, 2.75) is 49.9 Å². The average Bonchev–Trinajstić information content (AvgIpc) is 3.45. The van der Waals surface area contributed by atoms with Crippen molar-refractivity contribution in [2.24, 2.45) is 0 Å². The van der Waals surface area contributed by atoms with Crippen LogP contribution in [-0.4, -0.2) is 33.8 Å². The maximum atomic E-state index is 13.1. The van der Waals surface area contributed by atoms with Crippen molar-refractivity contribution >= 4 is 28.4 Å². The first-order valence-corrected chi connectivity index (χ1v) is 11.6. The van der Waals surface area contributed by atoms with E-state index in [4.69, 9.17) is 9.72 Å². The predicted molar refractivity (Wildman–Crippen MR) is 118 cm³/mol. The van der Waals surface area contributed by atoms with Gasteiger partial charge in [0.1, 0.15) is 0 Å². The maximum Gasteiger partial charge on any atom is 0.262 e. The van der Waals surface area contributed by atoms with Crippen molar-refractivity contribution in [2.75, 3.05) is 12.4 Å². The van der Waals surface area contributed by atoms with Crippen LogP contribution in [0.15, 0.2) is 52.4 Å². The van der Waals surface area contributed by atoms with Crippen LogP contribution in [0.25, 0.3) is 10.9 Å². The predicted octanol–water partition coefficient (Wildman–Crippen LogP) is 4.04. The molecule has 1 saturated heterocycles. The molecule has 30 heavy (non-hydrogen) atoms. The molecule has 1 aliphatic heterocycles. The molecule has 154 valence electrons. The molecule has 0 radical (unpaired) electrons. The number of benzene rings is 2. The number of ether oxygens (including phenoxy) is 1. The van der Waals surface area contributed by atoms with Crippen LogP contribution in [-0.2, 0) is 24.1 Å². The lowest BCUT2D eigenvalue weighted by molar-refractivity contribution is 0.0937. The van der Waals surface area contributed by atoms with Gasteiger partial charge in [-0.1, -0.05) is 36.0 Å². The summed E-state index contributed by atoms with van der Waals surface area (Å²) in [5.41, 5.74) is 4.00. The number of aryl methyl sites for hydroxylation is 2. The van der Waals surface area contributed by atoms with Gasteiger partial charge in [0.25, 0.3) is 5.56 Å². The van der Waals surface area contributed by atoms with E-state index in [1.54, 1.807) is 10.6 Å². The highest BCUT2D eigenvalue weighted by atomic mass is 32.2. The van der Waals surface area contributed by atoms with E-state index >= 15 is 0 Å². The number of hydrogen-bond donors (Lipinski definition) is 0. The van der Waals surface area contributed by atoms with Gasteiger partial charge in [0.15, 0.2) is 10.9 Å². The average molecular weight is 421 g/mol. The molecule has 1 aromatic heterocycles. The van der Waals surface area contributed by atoms with Crippen LogP contribution < -0.4 is 5.56 Å². The molecule has 1 aliphatic carbocycles. The second-order valence-electron chi connectivity index (χ2n) is 8.01. The van der Waals surface area contributed by atoms with Crippen LogP contribution in [0.1, 0.15) is 40.7 Å². The van der Waals surface area contributed by atoms with Crippen LogP contribution in [0.5, 0.6) is 0 Å². The van der Waals surface area contributed by atoms with Gasteiger partial charge in [-0.3, -0.25) is 14.2 Å². The zero-order valence-corrected chi connectivity index (χ0v) is 17.6. The largest absolute Gasteiger partial charge is 0.376 e. The molecule has 5 nitrogen and oxygen atoms in total. The highest BCUT2D eigenvalue weighted by Crippen LogP contribution is 2.25. The molecular formula is C24H24N2O3S. The SMILES string of the molecule is O=C(CSc1nc2ccccc2c(=O)n1C[C@@H]1CCCO1)c1ccc2c(c1)CCC2. The van der Waals surface area contributed by atoms with Crippen molar-refractivity contribution in [3.05, 3.63) is 69.5 Å². The smallest absolute Gasteiger partial charge is 0.262 e. The van der Waals surface area contributed by atoms with Gasteiger partial charge in [-0.05, 0) is 61.4 Å². The number of thioether (sulfide) groups is 1. The van der Waals surface area contributed by atoms with Gasteiger partial charge in [-0.2, -0.15) is 0 Å². The summed E-state index contributed by atoms with van der Waals surface area (Å²) in [6, 6.07) is 13.4. The van der Waals surface area contributed by atoms with Gasteiger partial charge >= 0.3 is 0 Å². The Morgan fingerprint density at radius 1 is 1.13 bits per heavy atom. The number of aromatic nitrogens is 2.